The Kier molecular flexibility index (Phi) is 6.66. The number of fused-ring (bicyclic) bond motifs is 1. The number of hydrogen-bond acceptors (Lipinski definition) is 6. The third kappa shape index (κ3) is 5.18. The van der Waals surface area contributed by atoms with E-state index >= 15 is 0 Å². The van der Waals surface area contributed by atoms with Crippen LogP contribution in [0.3, 0.4) is 0 Å². The molecule has 0 unspecified atom stereocenters. The number of carbonyl (C=O) groups is 1. The number of imidazole rings is 1. The van der Waals surface area contributed by atoms with E-state index in [0.717, 1.165) is 22.0 Å². The van der Waals surface area contributed by atoms with Gasteiger partial charge in [-0.3, -0.25) is 4.79 Å². The predicted molar refractivity (Wildman–Crippen MR) is 122 cm³/mol. The first-order valence-electron chi connectivity index (χ1n) is 10.6. The first-order valence-corrected chi connectivity index (χ1v) is 12.0. The first-order chi connectivity index (χ1) is 15.8. The summed E-state index contributed by atoms with van der Waals surface area (Å²) >= 11 is 0. The lowest BCUT2D eigenvalue weighted by Gasteiger charge is -2.20. The highest BCUT2D eigenvalue weighted by atomic mass is 32.2. The standard InChI is InChI=1S/C23H26N4O5S/c1-17(18-4-6-19(7-5-18)27-11-10-24-16-27)25-23(28)15-26(2)33(29,30)20-8-9-21-22(14-20)32-13-3-12-31-21/h4-11,14,16-17H,3,12-13,15H2,1-2H3,(H,25,28)/t17-/m1/s1. The minimum Gasteiger partial charge on any atom is -0.490 e. The number of ether oxygens (including phenoxy) is 2. The number of likely N-dealkylation sites (N-methyl/N-ethyl adjacent to an activating group) is 1. The van der Waals surface area contributed by atoms with Crippen molar-refractivity contribution in [1.29, 1.82) is 0 Å². The number of nitrogens with zero attached hydrogens (tertiary/aromatic N) is 3. The molecule has 4 rings (SSSR count). The van der Waals surface area contributed by atoms with Gasteiger partial charge in [-0.1, -0.05) is 12.1 Å². The molecule has 0 spiro atoms. The molecule has 0 fully saturated rings. The van der Waals surface area contributed by atoms with Gasteiger partial charge in [-0.05, 0) is 36.8 Å². The smallest absolute Gasteiger partial charge is 0.243 e. The Hall–Kier alpha value is -3.37. The van der Waals surface area contributed by atoms with Crippen LogP contribution in [0, 0.1) is 0 Å². The molecule has 1 aliphatic rings. The van der Waals surface area contributed by atoms with E-state index in [4.69, 9.17) is 9.47 Å². The van der Waals surface area contributed by atoms with Crippen LogP contribution in [0.1, 0.15) is 24.9 Å². The van der Waals surface area contributed by atoms with E-state index in [1.807, 2.05) is 42.0 Å². The van der Waals surface area contributed by atoms with Crippen molar-refractivity contribution in [2.24, 2.45) is 0 Å². The zero-order chi connectivity index (χ0) is 23.4. The van der Waals surface area contributed by atoms with Crippen molar-refractivity contribution in [3.8, 4) is 17.2 Å². The first kappa shape index (κ1) is 22.8. The minimum absolute atomic E-state index is 0.0465. The molecule has 33 heavy (non-hydrogen) atoms. The summed E-state index contributed by atoms with van der Waals surface area (Å²) in [5, 5.41) is 2.85. The van der Waals surface area contributed by atoms with Crippen molar-refractivity contribution < 1.29 is 22.7 Å². The zero-order valence-electron chi connectivity index (χ0n) is 18.5. The topological polar surface area (TPSA) is 103 Å². The third-order valence-electron chi connectivity index (χ3n) is 5.37. The average Bonchev–Trinajstić information content (AvgIpc) is 3.24. The molecule has 1 N–H and O–H groups in total. The van der Waals surface area contributed by atoms with Crippen molar-refractivity contribution in [3.05, 3.63) is 66.7 Å². The highest BCUT2D eigenvalue weighted by molar-refractivity contribution is 7.89. The van der Waals surface area contributed by atoms with Gasteiger partial charge in [-0.2, -0.15) is 4.31 Å². The highest BCUT2D eigenvalue weighted by Gasteiger charge is 2.25. The molecule has 1 atom stereocenters. The van der Waals surface area contributed by atoms with Gasteiger partial charge in [0.15, 0.2) is 11.5 Å². The zero-order valence-corrected chi connectivity index (χ0v) is 19.3. The number of sulfonamides is 1. The SMILES string of the molecule is C[C@@H](NC(=O)CN(C)S(=O)(=O)c1ccc2c(c1)OCCCO2)c1ccc(-n2ccnc2)cc1. The molecule has 2 aromatic carbocycles. The number of carbonyl (C=O) groups excluding carboxylic acids is 1. The van der Waals surface area contributed by atoms with Crippen LogP contribution >= 0.6 is 0 Å². The number of benzene rings is 2. The Morgan fingerprint density at radius 2 is 1.88 bits per heavy atom. The van der Waals surface area contributed by atoms with Crippen molar-refractivity contribution in [2.75, 3.05) is 26.8 Å². The van der Waals surface area contributed by atoms with E-state index in [9.17, 15) is 13.2 Å². The molecular weight excluding hydrogens is 444 g/mol. The van der Waals surface area contributed by atoms with Gasteiger partial charge in [0.1, 0.15) is 0 Å². The quantitative estimate of drug-likeness (QED) is 0.569. The second-order valence-electron chi connectivity index (χ2n) is 7.77. The molecule has 9 nitrogen and oxygen atoms in total. The van der Waals surface area contributed by atoms with Gasteiger partial charge < -0.3 is 19.4 Å². The minimum atomic E-state index is -3.88. The van der Waals surface area contributed by atoms with Crippen LogP contribution in [-0.4, -0.2) is 55.0 Å². The average molecular weight is 471 g/mol. The molecule has 3 aromatic rings. The molecule has 0 radical (unpaired) electrons. The summed E-state index contributed by atoms with van der Waals surface area (Å²) in [5.74, 6) is 0.500. The number of amides is 1. The van der Waals surface area contributed by atoms with Gasteiger partial charge in [0, 0.05) is 37.6 Å². The normalized spacial score (nSPS) is 14.5. The monoisotopic (exact) mass is 470 g/mol. The maximum absolute atomic E-state index is 13.0. The lowest BCUT2D eigenvalue weighted by Crippen LogP contribution is -2.39. The van der Waals surface area contributed by atoms with Crippen molar-refractivity contribution >= 4 is 15.9 Å². The summed E-state index contributed by atoms with van der Waals surface area (Å²) < 4.78 is 40.0. The predicted octanol–water partition coefficient (Wildman–Crippen LogP) is 2.53. The van der Waals surface area contributed by atoms with E-state index in [1.54, 1.807) is 18.6 Å². The molecule has 0 saturated carbocycles. The van der Waals surface area contributed by atoms with Gasteiger partial charge in [-0.15, -0.1) is 0 Å². The van der Waals surface area contributed by atoms with Crippen LogP contribution in [0.4, 0.5) is 0 Å². The van der Waals surface area contributed by atoms with E-state index in [0.29, 0.717) is 24.7 Å². The van der Waals surface area contributed by atoms with E-state index in [-0.39, 0.29) is 17.5 Å². The molecule has 0 bridgehead atoms. The maximum atomic E-state index is 13.0. The molecule has 174 valence electrons. The molecule has 2 heterocycles. The summed E-state index contributed by atoms with van der Waals surface area (Å²) in [7, 11) is -2.50. The van der Waals surface area contributed by atoms with Crippen LogP contribution < -0.4 is 14.8 Å². The number of hydrogen-bond donors (Lipinski definition) is 1. The molecule has 1 aliphatic heterocycles. The van der Waals surface area contributed by atoms with Crippen LogP contribution in [0.2, 0.25) is 0 Å². The molecule has 0 saturated heterocycles. The summed E-state index contributed by atoms with van der Waals surface area (Å²) in [6.45, 7) is 2.51. The molecule has 10 heteroatoms. The van der Waals surface area contributed by atoms with Crippen LogP contribution in [-0.2, 0) is 14.8 Å². The van der Waals surface area contributed by atoms with Gasteiger partial charge >= 0.3 is 0 Å². The fourth-order valence-corrected chi connectivity index (χ4v) is 4.63. The molecule has 1 amide bonds. The Balaban J connectivity index is 1.39. The van der Waals surface area contributed by atoms with Crippen LogP contribution in [0.5, 0.6) is 11.5 Å². The lowest BCUT2D eigenvalue weighted by molar-refractivity contribution is -0.121. The summed E-state index contributed by atoms with van der Waals surface area (Å²) in [6.07, 6.45) is 5.98. The third-order valence-corrected chi connectivity index (χ3v) is 7.17. The van der Waals surface area contributed by atoms with Crippen molar-refractivity contribution in [2.45, 2.75) is 24.3 Å². The second kappa shape index (κ2) is 9.63. The molecule has 0 aliphatic carbocycles. The number of nitrogens with one attached hydrogen (secondary N) is 1. The van der Waals surface area contributed by atoms with Crippen LogP contribution in [0.15, 0.2) is 66.1 Å². The van der Waals surface area contributed by atoms with E-state index in [2.05, 4.69) is 10.3 Å². The van der Waals surface area contributed by atoms with Gasteiger partial charge in [0.05, 0.1) is 37.0 Å². The van der Waals surface area contributed by atoms with Crippen molar-refractivity contribution in [1.82, 2.24) is 19.2 Å². The Morgan fingerprint density at radius 3 is 2.58 bits per heavy atom. The van der Waals surface area contributed by atoms with Gasteiger partial charge in [-0.25, -0.2) is 13.4 Å². The van der Waals surface area contributed by atoms with E-state index < -0.39 is 15.9 Å². The Morgan fingerprint density at radius 1 is 1.15 bits per heavy atom. The second-order valence-corrected chi connectivity index (χ2v) is 9.82. The summed E-state index contributed by atoms with van der Waals surface area (Å²) in [5.41, 5.74) is 1.86. The highest BCUT2D eigenvalue weighted by Crippen LogP contribution is 2.32. The summed E-state index contributed by atoms with van der Waals surface area (Å²) in [6, 6.07) is 11.9. The van der Waals surface area contributed by atoms with Crippen LogP contribution in [0.25, 0.3) is 5.69 Å². The Labute approximate surface area is 193 Å². The van der Waals surface area contributed by atoms with Gasteiger partial charge in [0.25, 0.3) is 0 Å². The van der Waals surface area contributed by atoms with E-state index in [1.165, 1.54) is 19.2 Å². The number of rotatable bonds is 7. The summed E-state index contributed by atoms with van der Waals surface area (Å²) in [4.78, 5) is 16.6. The molecular formula is C23H26N4O5S. The Bertz CT molecular complexity index is 1210. The lowest BCUT2D eigenvalue weighted by atomic mass is 10.1. The van der Waals surface area contributed by atoms with Gasteiger partial charge in [0.2, 0.25) is 15.9 Å². The number of aromatic nitrogens is 2. The maximum Gasteiger partial charge on any atom is 0.243 e. The molecule has 1 aromatic heterocycles. The van der Waals surface area contributed by atoms with Crippen molar-refractivity contribution in [3.63, 3.8) is 0 Å². The largest absolute Gasteiger partial charge is 0.490 e. The fourth-order valence-electron chi connectivity index (χ4n) is 3.49. The fraction of sp³-hybridized carbons (Fsp3) is 0.304.